The predicted octanol–water partition coefficient (Wildman–Crippen LogP) is 4.03. The molecule has 2 aromatic carbocycles. The van der Waals surface area contributed by atoms with Crippen molar-refractivity contribution in [2.45, 2.75) is 19.4 Å². The average Bonchev–Trinajstić information content (AvgIpc) is 2.69. The lowest BCUT2D eigenvalue weighted by Gasteiger charge is -2.08. The van der Waals surface area contributed by atoms with E-state index in [2.05, 4.69) is 9.97 Å². The number of hydrogen-bond acceptors (Lipinski definition) is 5. The second-order valence-electron chi connectivity index (χ2n) is 5.63. The number of nitrogens with zero attached hydrogens (tertiary/aromatic N) is 2. The minimum absolute atomic E-state index is 0.177. The fraction of sp³-hybridized carbons (Fsp3) is 0.150. The first-order valence-electron chi connectivity index (χ1n) is 8.16. The monoisotopic (exact) mass is 352 g/mol. The molecule has 26 heavy (non-hydrogen) atoms. The summed E-state index contributed by atoms with van der Waals surface area (Å²) in [4.78, 5) is 20.5. The fourth-order valence-electron chi connectivity index (χ4n) is 2.30. The molecule has 0 amide bonds. The van der Waals surface area contributed by atoms with Crippen molar-refractivity contribution in [3.05, 3.63) is 72.3 Å². The van der Waals surface area contributed by atoms with Crippen molar-refractivity contribution in [1.29, 1.82) is 0 Å². The molecule has 0 unspecified atom stereocenters. The summed E-state index contributed by atoms with van der Waals surface area (Å²) >= 11 is 0. The van der Waals surface area contributed by atoms with E-state index in [1.165, 1.54) is 24.4 Å². The van der Waals surface area contributed by atoms with E-state index >= 15 is 0 Å². The van der Waals surface area contributed by atoms with Gasteiger partial charge in [-0.3, -0.25) is 4.79 Å². The molecular weight excluding hydrogens is 335 g/mol. The summed E-state index contributed by atoms with van der Waals surface area (Å²) in [5.41, 5.74) is 0.882. The first-order valence-corrected chi connectivity index (χ1v) is 8.16. The highest BCUT2D eigenvalue weighted by Gasteiger charge is 2.17. The average molecular weight is 352 g/mol. The first kappa shape index (κ1) is 17.7. The molecule has 0 aliphatic carbocycles. The van der Waals surface area contributed by atoms with Crippen LogP contribution in [0.3, 0.4) is 0 Å². The molecule has 0 saturated heterocycles. The van der Waals surface area contributed by atoms with Gasteiger partial charge in [-0.05, 0) is 61.0 Å². The maximum absolute atomic E-state index is 12.9. The van der Waals surface area contributed by atoms with E-state index in [1.54, 1.807) is 43.3 Å². The van der Waals surface area contributed by atoms with Gasteiger partial charge in [0, 0.05) is 11.8 Å². The molecule has 5 nitrogen and oxygen atoms in total. The van der Waals surface area contributed by atoms with E-state index in [-0.39, 0.29) is 11.5 Å². The number of halogens is 1. The van der Waals surface area contributed by atoms with Crippen molar-refractivity contribution in [2.75, 3.05) is 0 Å². The van der Waals surface area contributed by atoms with Gasteiger partial charge in [-0.25, -0.2) is 14.4 Å². The van der Waals surface area contributed by atoms with Crippen molar-refractivity contribution in [1.82, 2.24) is 9.97 Å². The number of rotatable bonds is 6. The molecule has 1 atom stereocenters. The molecule has 0 aliphatic rings. The van der Waals surface area contributed by atoms with Gasteiger partial charge in [-0.1, -0.05) is 6.92 Å². The van der Waals surface area contributed by atoms with Crippen LogP contribution in [0.2, 0.25) is 0 Å². The Bertz CT molecular complexity index is 896. The highest BCUT2D eigenvalue weighted by molar-refractivity contribution is 5.97. The molecule has 0 spiro atoms. The zero-order chi connectivity index (χ0) is 18.5. The van der Waals surface area contributed by atoms with E-state index in [0.717, 1.165) is 0 Å². The molecule has 132 valence electrons. The van der Waals surface area contributed by atoms with Crippen molar-refractivity contribution >= 4 is 5.78 Å². The first-order chi connectivity index (χ1) is 12.6. The quantitative estimate of drug-likeness (QED) is 0.678. The maximum atomic E-state index is 12.9. The third-order valence-corrected chi connectivity index (χ3v) is 3.76. The van der Waals surface area contributed by atoms with Gasteiger partial charge in [-0.2, -0.15) is 0 Å². The van der Waals surface area contributed by atoms with Gasteiger partial charge in [-0.15, -0.1) is 0 Å². The maximum Gasteiger partial charge on any atom is 0.209 e. The van der Waals surface area contributed by atoms with Crippen LogP contribution in [0.15, 0.2) is 60.8 Å². The minimum Gasteiger partial charge on any atom is -0.457 e. The van der Waals surface area contributed by atoms with Crippen molar-refractivity contribution in [3.63, 3.8) is 0 Å². The summed E-state index contributed by atoms with van der Waals surface area (Å²) in [6, 6.07) is 14.2. The number of Topliss-reactive ketones (excluding diaryl/α,β-unsaturated/α-hetero) is 1. The van der Waals surface area contributed by atoms with E-state index in [4.69, 9.17) is 4.74 Å². The zero-order valence-corrected chi connectivity index (χ0v) is 14.1. The van der Waals surface area contributed by atoms with Crippen LogP contribution in [0.5, 0.6) is 11.5 Å². The normalized spacial score (nSPS) is 11.8. The summed E-state index contributed by atoms with van der Waals surface area (Å²) in [5.74, 6) is 0.734. The van der Waals surface area contributed by atoms with Gasteiger partial charge < -0.3 is 9.84 Å². The smallest absolute Gasteiger partial charge is 0.209 e. The Kier molecular flexibility index (Phi) is 5.34. The number of aliphatic hydroxyl groups is 1. The van der Waals surface area contributed by atoms with Crippen LogP contribution in [0.1, 0.15) is 23.8 Å². The van der Waals surface area contributed by atoms with Crippen LogP contribution in [0, 0.1) is 5.82 Å². The second-order valence-corrected chi connectivity index (χ2v) is 5.63. The van der Waals surface area contributed by atoms with E-state index in [1.807, 2.05) is 0 Å². The Morgan fingerprint density at radius 2 is 1.69 bits per heavy atom. The van der Waals surface area contributed by atoms with Gasteiger partial charge >= 0.3 is 0 Å². The number of benzene rings is 2. The van der Waals surface area contributed by atoms with Crippen molar-refractivity contribution in [3.8, 4) is 22.9 Å². The van der Waals surface area contributed by atoms with E-state index < -0.39 is 11.9 Å². The molecule has 0 bridgehead atoms. The summed E-state index contributed by atoms with van der Waals surface area (Å²) < 4.78 is 18.6. The van der Waals surface area contributed by atoms with Crippen LogP contribution >= 0.6 is 0 Å². The Hall–Kier alpha value is -3.12. The summed E-state index contributed by atoms with van der Waals surface area (Å²) in [6.07, 6.45) is 0.748. The largest absolute Gasteiger partial charge is 0.457 e. The topological polar surface area (TPSA) is 72.3 Å². The number of ether oxygens (including phenoxy) is 1. The Labute approximate surface area is 150 Å². The van der Waals surface area contributed by atoms with Crippen LogP contribution < -0.4 is 4.74 Å². The van der Waals surface area contributed by atoms with Gasteiger partial charge in [0.05, 0.1) is 0 Å². The van der Waals surface area contributed by atoms with E-state index in [9.17, 15) is 14.3 Å². The molecule has 0 radical (unpaired) electrons. The van der Waals surface area contributed by atoms with Crippen molar-refractivity contribution in [2.24, 2.45) is 0 Å². The Balaban J connectivity index is 1.78. The molecule has 6 heteroatoms. The molecule has 0 saturated carbocycles. The van der Waals surface area contributed by atoms with Gasteiger partial charge in [0.25, 0.3) is 0 Å². The molecule has 0 aliphatic heterocycles. The summed E-state index contributed by atoms with van der Waals surface area (Å²) in [7, 11) is 0. The highest BCUT2D eigenvalue weighted by Crippen LogP contribution is 2.24. The van der Waals surface area contributed by atoms with Crippen LogP contribution in [0.25, 0.3) is 11.4 Å². The molecule has 3 rings (SSSR count). The molecule has 1 N–H and O–H groups in total. The van der Waals surface area contributed by atoms with Crippen LogP contribution in [-0.4, -0.2) is 27.0 Å². The van der Waals surface area contributed by atoms with Crippen molar-refractivity contribution < 1.29 is 19.0 Å². The number of carbonyl (C=O) groups is 1. The lowest BCUT2D eigenvalue weighted by Crippen LogP contribution is -2.20. The Morgan fingerprint density at radius 1 is 1.08 bits per heavy atom. The van der Waals surface area contributed by atoms with Gasteiger partial charge in [0.2, 0.25) is 5.78 Å². The number of carbonyl (C=O) groups excluding carboxylic acids is 1. The van der Waals surface area contributed by atoms with E-state index in [0.29, 0.717) is 29.3 Å². The summed E-state index contributed by atoms with van der Waals surface area (Å²) in [6.45, 7) is 1.73. The second kappa shape index (κ2) is 7.84. The van der Waals surface area contributed by atoms with Gasteiger partial charge in [0.1, 0.15) is 29.1 Å². The Morgan fingerprint density at radius 3 is 2.31 bits per heavy atom. The zero-order valence-electron chi connectivity index (χ0n) is 14.1. The number of aromatic nitrogens is 2. The van der Waals surface area contributed by atoms with Gasteiger partial charge in [0.15, 0.2) is 5.82 Å². The minimum atomic E-state index is -1.07. The summed E-state index contributed by atoms with van der Waals surface area (Å²) in [5, 5.41) is 9.69. The highest BCUT2D eigenvalue weighted by atomic mass is 19.1. The SMILES string of the molecule is CC[C@@H](O)C(=O)c1ccnc(-c2ccc(Oc3ccc(F)cc3)cc2)n1. The number of aliphatic hydroxyl groups excluding tert-OH is 1. The third-order valence-electron chi connectivity index (χ3n) is 3.76. The molecular formula is C20H17FN2O3. The molecule has 1 heterocycles. The number of ketones is 1. The number of hydrogen-bond donors (Lipinski definition) is 1. The lowest BCUT2D eigenvalue weighted by molar-refractivity contribution is 0.0735. The standard InChI is InChI=1S/C20H17FN2O3/c1-2-18(24)19(25)17-11-12-22-20(23-17)13-3-7-15(8-4-13)26-16-9-5-14(21)6-10-16/h3-12,18,24H,2H2,1H3/t18-/m1/s1. The molecule has 3 aromatic rings. The predicted molar refractivity (Wildman–Crippen MR) is 94.6 cm³/mol. The fourth-order valence-corrected chi connectivity index (χ4v) is 2.30. The lowest BCUT2D eigenvalue weighted by atomic mass is 10.1. The molecule has 1 aromatic heterocycles. The van der Waals surface area contributed by atoms with Crippen LogP contribution in [0.4, 0.5) is 4.39 Å². The van der Waals surface area contributed by atoms with Crippen LogP contribution in [-0.2, 0) is 0 Å². The third kappa shape index (κ3) is 4.10. The molecule has 0 fully saturated rings.